The molecule has 2 N–H and O–H groups in total. The van der Waals surface area contributed by atoms with Crippen molar-refractivity contribution in [3.05, 3.63) is 36.0 Å². The molecule has 1 unspecified atom stereocenters. The highest BCUT2D eigenvalue weighted by Crippen LogP contribution is 2.38. The normalized spacial score (nSPS) is 19.9. The largest absolute Gasteiger partial charge is 0.485 e. The predicted octanol–water partition coefficient (Wildman–Crippen LogP) is 1.84. The summed E-state index contributed by atoms with van der Waals surface area (Å²) in [5, 5.41) is 10.1. The molecule has 1 saturated carbocycles. The molecule has 26 heavy (non-hydrogen) atoms. The molecule has 0 bridgehead atoms. The van der Waals surface area contributed by atoms with Crippen molar-refractivity contribution in [3.8, 4) is 5.75 Å². The van der Waals surface area contributed by atoms with Crippen LogP contribution in [0.3, 0.4) is 0 Å². The first-order chi connectivity index (χ1) is 12.8. The molecule has 1 amide bonds. The molecule has 0 spiro atoms. The summed E-state index contributed by atoms with van der Waals surface area (Å²) >= 11 is 0. The molecule has 2 aromatic rings. The third-order valence-electron chi connectivity index (χ3n) is 4.35. The second-order valence-electron chi connectivity index (χ2n) is 6.61. The maximum absolute atomic E-state index is 12.1. The minimum absolute atomic E-state index is 0.0407. The number of hydrogen-bond donors (Lipinski definition) is 2. The fraction of sp³-hybridized carbons (Fsp3) is 0.500. The average Bonchev–Trinajstić information content (AvgIpc) is 3.40. The Hall–Kier alpha value is -2.45. The van der Waals surface area contributed by atoms with Crippen LogP contribution in [-0.4, -0.2) is 41.8 Å². The number of nitrogens with one attached hydrogen (secondary N) is 2. The lowest BCUT2D eigenvalue weighted by atomic mass is 10.2. The minimum Gasteiger partial charge on any atom is -0.485 e. The monoisotopic (exact) mass is 358 g/mol. The average molecular weight is 358 g/mol. The van der Waals surface area contributed by atoms with Crippen molar-refractivity contribution >= 4 is 11.6 Å². The van der Waals surface area contributed by atoms with Crippen LogP contribution in [0, 0.1) is 0 Å². The zero-order valence-corrected chi connectivity index (χ0v) is 14.4. The van der Waals surface area contributed by atoms with E-state index in [0.717, 1.165) is 25.1 Å². The highest BCUT2D eigenvalue weighted by atomic mass is 16.5. The van der Waals surface area contributed by atoms with Crippen LogP contribution in [0.2, 0.25) is 0 Å². The highest BCUT2D eigenvalue weighted by molar-refractivity contribution is 5.91. The van der Waals surface area contributed by atoms with Crippen LogP contribution in [0.5, 0.6) is 5.75 Å². The Morgan fingerprint density at radius 1 is 1.31 bits per heavy atom. The summed E-state index contributed by atoms with van der Waals surface area (Å²) < 4.78 is 16.2. The first-order valence-corrected chi connectivity index (χ1v) is 8.92. The third-order valence-corrected chi connectivity index (χ3v) is 4.35. The zero-order valence-electron chi connectivity index (χ0n) is 14.4. The number of aromatic nitrogens is 2. The number of carbonyl (C=O) groups is 1. The van der Waals surface area contributed by atoms with E-state index in [9.17, 15) is 4.79 Å². The summed E-state index contributed by atoms with van der Waals surface area (Å²) in [6.45, 7) is 2.31. The Morgan fingerprint density at radius 3 is 2.88 bits per heavy atom. The summed E-state index contributed by atoms with van der Waals surface area (Å²) in [7, 11) is 0. The molecule has 1 aromatic carbocycles. The van der Waals surface area contributed by atoms with Gasteiger partial charge in [-0.15, -0.1) is 0 Å². The Kier molecular flexibility index (Phi) is 5.12. The van der Waals surface area contributed by atoms with E-state index in [1.54, 1.807) is 12.1 Å². The number of morpholine rings is 1. The van der Waals surface area contributed by atoms with Gasteiger partial charge in [0.2, 0.25) is 17.6 Å². The molecular formula is C18H22N4O4. The zero-order chi connectivity index (χ0) is 17.8. The molecule has 8 nitrogen and oxygen atoms in total. The summed E-state index contributed by atoms with van der Waals surface area (Å²) in [6.07, 6.45) is 2.64. The van der Waals surface area contributed by atoms with Crippen molar-refractivity contribution in [3.63, 3.8) is 0 Å². The second-order valence-corrected chi connectivity index (χ2v) is 6.61. The number of anilines is 1. The maximum atomic E-state index is 12.1. The molecular weight excluding hydrogens is 336 g/mol. The van der Waals surface area contributed by atoms with E-state index in [2.05, 4.69) is 20.8 Å². The summed E-state index contributed by atoms with van der Waals surface area (Å²) in [6, 6.07) is 7.30. The fourth-order valence-electron chi connectivity index (χ4n) is 2.79. The van der Waals surface area contributed by atoms with Gasteiger partial charge in [0.25, 0.3) is 0 Å². The first-order valence-electron chi connectivity index (χ1n) is 8.92. The minimum atomic E-state index is -0.0407. The Balaban J connectivity index is 1.23. The molecule has 1 aliphatic heterocycles. The molecule has 0 radical (unpaired) electrons. The fourth-order valence-corrected chi connectivity index (χ4v) is 2.79. The van der Waals surface area contributed by atoms with Crippen LogP contribution < -0.4 is 15.4 Å². The van der Waals surface area contributed by atoms with E-state index < -0.39 is 0 Å². The lowest BCUT2D eigenvalue weighted by Gasteiger charge is -2.23. The Labute approximate surface area is 151 Å². The summed E-state index contributed by atoms with van der Waals surface area (Å²) in [5.74, 6) is 2.34. The van der Waals surface area contributed by atoms with Gasteiger partial charge in [-0.2, -0.15) is 4.98 Å². The van der Waals surface area contributed by atoms with Gasteiger partial charge in [-0.05, 0) is 37.1 Å². The molecule has 2 fully saturated rings. The van der Waals surface area contributed by atoms with Gasteiger partial charge in [-0.3, -0.25) is 4.79 Å². The van der Waals surface area contributed by atoms with Crippen molar-refractivity contribution < 1.29 is 18.8 Å². The summed E-state index contributed by atoms with van der Waals surface area (Å²) in [5.41, 5.74) is 0.731. The Bertz CT molecular complexity index is 736. The van der Waals surface area contributed by atoms with Crippen LogP contribution in [0.25, 0.3) is 0 Å². The van der Waals surface area contributed by atoms with Crippen LogP contribution in [0.1, 0.15) is 36.9 Å². The van der Waals surface area contributed by atoms with Gasteiger partial charge in [0, 0.05) is 30.6 Å². The van der Waals surface area contributed by atoms with E-state index in [1.807, 2.05) is 12.1 Å². The third kappa shape index (κ3) is 4.59. The van der Waals surface area contributed by atoms with E-state index in [0.29, 0.717) is 43.0 Å². The number of rotatable bonds is 7. The molecule has 2 heterocycles. The SMILES string of the molecule is O=C(CC1COCCN1)Nc1ccc(OCc2noc(C3CC3)n2)cc1. The van der Waals surface area contributed by atoms with E-state index in [1.165, 1.54) is 0 Å². The van der Waals surface area contributed by atoms with Crippen LogP contribution in [0.4, 0.5) is 5.69 Å². The lowest BCUT2D eigenvalue weighted by Crippen LogP contribution is -2.43. The molecule has 1 atom stereocenters. The molecule has 1 aliphatic carbocycles. The van der Waals surface area contributed by atoms with Crippen molar-refractivity contribution in [2.24, 2.45) is 0 Å². The lowest BCUT2D eigenvalue weighted by molar-refractivity contribution is -0.117. The summed E-state index contributed by atoms with van der Waals surface area (Å²) in [4.78, 5) is 16.4. The van der Waals surface area contributed by atoms with E-state index >= 15 is 0 Å². The number of ether oxygens (including phenoxy) is 2. The quantitative estimate of drug-likeness (QED) is 0.779. The van der Waals surface area contributed by atoms with E-state index in [4.69, 9.17) is 14.0 Å². The molecule has 1 saturated heterocycles. The van der Waals surface area contributed by atoms with Crippen molar-refractivity contribution in [1.29, 1.82) is 0 Å². The van der Waals surface area contributed by atoms with Crippen molar-refractivity contribution in [2.75, 3.05) is 25.1 Å². The second kappa shape index (κ2) is 7.84. The van der Waals surface area contributed by atoms with Gasteiger partial charge in [-0.1, -0.05) is 5.16 Å². The van der Waals surface area contributed by atoms with Gasteiger partial charge in [-0.25, -0.2) is 0 Å². The number of benzene rings is 1. The van der Waals surface area contributed by atoms with Crippen molar-refractivity contribution in [1.82, 2.24) is 15.5 Å². The van der Waals surface area contributed by atoms with Gasteiger partial charge in [0.1, 0.15) is 5.75 Å². The highest BCUT2D eigenvalue weighted by Gasteiger charge is 2.29. The molecule has 1 aromatic heterocycles. The van der Waals surface area contributed by atoms with Gasteiger partial charge in [0.15, 0.2) is 6.61 Å². The van der Waals surface area contributed by atoms with Gasteiger partial charge >= 0.3 is 0 Å². The van der Waals surface area contributed by atoms with Crippen molar-refractivity contribution in [2.45, 2.75) is 37.8 Å². The number of amides is 1. The Morgan fingerprint density at radius 2 is 2.15 bits per heavy atom. The van der Waals surface area contributed by atoms with Crippen LogP contribution in [-0.2, 0) is 16.1 Å². The van der Waals surface area contributed by atoms with Crippen LogP contribution >= 0.6 is 0 Å². The maximum Gasteiger partial charge on any atom is 0.229 e. The van der Waals surface area contributed by atoms with E-state index in [-0.39, 0.29) is 18.6 Å². The molecule has 8 heteroatoms. The molecule has 138 valence electrons. The number of carbonyl (C=O) groups excluding carboxylic acids is 1. The number of nitrogens with zero attached hydrogens (tertiary/aromatic N) is 2. The smallest absolute Gasteiger partial charge is 0.229 e. The van der Waals surface area contributed by atoms with Gasteiger partial charge in [0.05, 0.1) is 13.2 Å². The molecule has 2 aliphatic rings. The van der Waals surface area contributed by atoms with Crippen LogP contribution in [0.15, 0.2) is 28.8 Å². The number of hydrogen-bond acceptors (Lipinski definition) is 7. The predicted molar refractivity (Wildman–Crippen MR) is 92.9 cm³/mol. The molecule has 4 rings (SSSR count). The standard InChI is InChI=1S/C18H22N4O4/c23-17(9-14-10-24-8-7-19-14)20-13-3-5-15(6-4-13)25-11-16-21-18(26-22-16)12-1-2-12/h3-6,12,14,19H,1-2,7-11H2,(H,20,23). The van der Waals surface area contributed by atoms with Gasteiger partial charge < -0.3 is 24.6 Å². The topological polar surface area (TPSA) is 98.5 Å². The first kappa shape index (κ1) is 17.0.